The third-order valence-electron chi connectivity index (χ3n) is 3.25. The largest absolute Gasteiger partial charge is 0.252 e. The summed E-state index contributed by atoms with van der Waals surface area (Å²) >= 11 is 1.32. The molecule has 1 fully saturated rings. The average Bonchev–Trinajstić information content (AvgIpc) is 3.10. The molecule has 0 saturated carbocycles. The number of hydrogen-bond acceptors (Lipinski definition) is 5. The summed E-state index contributed by atoms with van der Waals surface area (Å²) in [6.45, 7) is 2.90. The first kappa shape index (κ1) is 12.8. The fraction of sp³-hybridized carbons (Fsp3) is 0.455. The summed E-state index contributed by atoms with van der Waals surface area (Å²) in [7, 11) is -3.35. The first-order valence-corrected chi connectivity index (χ1v) is 8.25. The molecule has 19 heavy (non-hydrogen) atoms. The fourth-order valence-electron chi connectivity index (χ4n) is 2.23. The lowest BCUT2D eigenvalue weighted by Crippen LogP contribution is -2.28. The topological polar surface area (TPSA) is 68.1 Å². The zero-order chi connectivity index (χ0) is 13.5. The molecule has 0 aliphatic carbocycles. The molecule has 1 aliphatic rings. The van der Waals surface area contributed by atoms with Crippen LogP contribution in [-0.2, 0) is 10.0 Å². The minimum atomic E-state index is -3.35. The number of rotatable bonds is 3. The highest BCUT2D eigenvalue weighted by Crippen LogP contribution is 2.29. The van der Waals surface area contributed by atoms with Gasteiger partial charge in [-0.2, -0.15) is 4.31 Å². The molecular formula is C11H14N4O2S2. The van der Waals surface area contributed by atoms with Gasteiger partial charge in [0.1, 0.15) is 4.21 Å². The highest BCUT2D eigenvalue weighted by Gasteiger charge is 2.34. The molecule has 2 aromatic heterocycles. The molecule has 0 aromatic carbocycles. The Bertz CT molecular complexity index is 663. The molecule has 0 amide bonds. The first-order valence-electron chi connectivity index (χ1n) is 6.00. The van der Waals surface area contributed by atoms with Crippen molar-refractivity contribution in [3.8, 4) is 0 Å². The predicted molar refractivity (Wildman–Crippen MR) is 71.5 cm³/mol. The van der Waals surface area contributed by atoms with Crippen molar-refractivity contribution in [1.82, 2.24) is 19.3 Å². The standard InChI is InChI=1S/C11H14N4O2S2/c1-9-2-3-11(18-9)19(16,17)14-6-4-10(8-14)15-7-5-12-13-15/h2-3,5,7,10H,4,6,8H2,1H3. The van der Waals surface area contributed by atoms with Crippen molar-refractivity contribution in [2.24, 2.45) is 0 Å². The summed E-state index contributed by atoms with van der Waals surface area (Å²) in [5, 5.41) is 7.70. The smallest absolute Gasteiger partial charge is 0.248 e. The Balaban J connectivity index is 1.81. The van der Waals surface area contributed by atoms with Gasteiger partial charge in [-0.1, -0.05) is 5.21 Å². The van der Waals surface area contributed by atoms with E-state index in [1.54, 1.807) is 23.1 Å². The zero-order valence-electron chi connectivity index (χ0n) is 10.4. The number of aryl methyl sites for hydroxylation is 1. The SMILES string of the molecule is Cc1ccc(S(=O)(=O)N2CCC(n3ccnn3)C2)s1. The third kappa shape index (κ3) is 2.31. The normalized spacial score (nSPS) is 21.0. The van der Waals surface area contributed by atoms with Crippen molar-refractivity contribution in [3.63, 3.8) is 0 Å². The van der Waals surface area contributed by atoms with Crippen LogP contribution < -0.4 is 0 Å². The highest BCUT2D eigenvalue weighted by atomic mass is 32.2. The van der Waals surface area contributed by atoms with Gasteiger partial charge in [0.25, 0.3) is 10.0 Å². The Kier molecular flexibility index (Phi) is 3.15. The molecule has 3 heterocycles. The molecule has 6 nitrogen and oxygen atoms in total. The second-order valence-electron chi connectivity index (χ2n) is 4.55. The van der Waals surface area contributed by atoms with Gasteiger partial charge in [0.2, 0.25) is 0 Å². The fourth-order valence-corrected chi connectivity index (χ4v) is 5.16. The second-order valence-corrected chi connectivity index (χ2v) is 8.01. The molecule has 0 radical (unpaired) electrons. The van der Waals surface area contributed by atoms with Crippen LogP contribution in [0.5, 0.6) is 0 Å². The summed E-state index contributed by atoms with van der Waals surface area (Å²) < 4.78 is 28.6. The summed E-state index contributed by atoms with van der Waals surface area (Å²) in [4.78, 5) is 1.01. The average molecular weight is 298 g/mol. The quantitative estimate of drug-likeness (QED) is 0.856. The molecule has 2 aromatic rings. The van der Waals surface area contributed by atoms with Crippen molar-refractivity contribution >= 4 is 21.4 Å². The maximum Gasteiger partial charge on any atom is 0.252 e. The van der Waals surface area contributed by atoms with E-state index in [2.05, 4.69) is 10.3 Å². The molecular weight excluding hydrogens is 284 g/mol. The molecule has 1 unspecified atom stereocenters. The second kappa shape index (κ2) is 4.69. The van der Waals surface area contributed by atoms with Crippen LogP contribution in [-0.4, -0.2) is 40.8 Å². The minimum Gasteiger partial charge on any atom is -0.248 e. The van der Waals surface area contributed by atoms with Gasteiger partial charge in [-0.3, -0.25) is 0 Å². The molecule has 0 bridgehead atoms. The third-order valence-corrected chi connectivity index (χ3v) is 6.58. The van der Waals surface area contributed by atoms with E-state index in [1.165, 1.54) is 15.6 Å². The monoisotopic (exact) mass is 298 g/mol. The van der Waals surface area contributed by atoms with Crippen LogP contribution in [0.25, 0.3) is 0 Å². The Morgan fingerprint density at radius 2 is 2.26 bits per heavy atom. The van der Waals surface area contributed by atoms with Gasteiger partial charge >= 0.3 is 0 Å². The summed E-state index contributed by atoms with van der Waals surface area (Å²) in [5.74, 6) is 0. The number of sulfonamides is 1. The first-order chi connectivity index (χ1) is 9.07. The van der Waals surface area contributed by atoms with Gasteiger partial charge < -0.3 is 0 Å². The van der Waals surface area contributed by atoms with Crippen LogP contribution in [0.3, 0.4) is 0 Å². The van der Waals surface area contributed by atoms with Crippen LogP contribution in [0.2, 0.25) is 0 Å². The van der Waals surface area contributed by atoms with E-state index in [9.17, 15) is 8.42 Å². The molecule has 1 atom stereocenters. The Morgan fingerprint density at radius 1 is 1.42 bits per heavy atom. The van der Waals surface area contributed by atoms with Gasteiger partial charge in [0, 0.05) is 24.2 Å². The van der Waals surface area contributed by atoms with Gasteiger partial charge in [-0.05, 0) is 25.5 Å². The van der Waals surface area contributed by atoms with Crippen molar-refractivity contribution in [3.05, 3.63) is 29.4 Å². The number of thiophene rings is 1. The van der Waals surface area contributed by atoms with E-state index in [0.717, 1.165) is 11.3 Å². The van der Waals surface area contributed by atoms with Crippen LogP contribution in [0, 0.1) is 6.92 Å². The Hall–Kier alpha value is -1.25. The van der Waals surface area contributed by atoms with Gasteiger partial charge in [0.05, 0.1) is 12.2 Å². The van der Waals surface area contributed by atoms with Crippen LogP contribution in [0.1, 0.15) is 17.3 Å². The summed E-state index contributed by atoms with van der Waals surface area (Å²) in [6.07, 6.45) is 4.16. The van der Waals surface area contributed by atoms with Crippen LogP contribution >= 0.6 is 11.3 Å². The Morgan fingerprint density at radius 3 is 2.89 bits per heavy atom. The predicted octanol–water partition coefficient (Wildman–Crippen LogP) is 1.28. The van der Waals surface area contributed by atoms with Crippen molar-refractivity contribution in [1.29, 1.82) is 0 Å². The van der Waals surface area contributed by atoms with Gasteiger partial charge in [-0.15, -0.1) is 16.4 Å². The zero-order valence-corrected chi connectivity index (χ0v) is 12.1. The van der Waals surface area contributed by atoms with Gasteiger partial charge in [0.15, 0.2) is 0 Å². The molecule has 3 rings (SSSR count). The summed E-state index contributed by atoms with van der Waals surface area (Å²) in [5.41, 5.74) is 0. The van der Waals surface area contributed by atoms with E-state index in [0.29, 0.717) is 17.3 Å². The number of nitrogens with zero attached hydrogens (tertiary/aromatic N) is 4. The van der Waals surface area contributed by atoms with E-state index in [1.807, 2.05) is 13.0 Å². The van der Waals surface area contributed by atoms with Crippen molar-refractivity contribution < 1.29 is 8.42 Å². The van der Waals surface area contributed by atoms with E-state index in [4.69, 9.17) is 0 Å². The molecule has 0 N–H and O–H groups in total. The molecule has 1 saturated heterocycles. The van der Waals surface area contributed by atoms with Crippen molar-refractivity contribution in [2.45, 2.75) is 23.6 Å². The molecule has 1 aliphatic heterocycles. The molecule has 0 spiro atoms. The number of aromatic nitrogens is 3. The minimum absolute atomic E-state index is 0.0818. The lowest BCUT2D eigenvalue weighted by atomic mass is 10.3. The van der Waals surface area contributed by atoms with Crippen molar-refractivity contribution in [2.75, 3.05) is 13.1 Å². The highest BCUT2D eigenvalue weighted by molar-refractivity contribution is 7.91. The molecule has 8 heteroatoms. The van der Waals surface area contributed by atoms with Crippen LogP contribution in [0.15, 0.2) is 28.7 Å². The summed E-state index contributed by atoms with van der Waals surface area (Å²) in [6, 6.07) is 3.60. The van der Waals surface area contributed by atoms with E-state index >= 15 is 0 Å². The maximum atomic E-state index is 12.5. The van der Waals surface area contributed by atoms with Crippen LogP contribution in [0.4, 0.5) is 0 Å². The maximum absolute atomic E-state index is 12.5. The Labute approximate surface area is 115 Å². The van der Waals surface area contributed by atoms with E-state index in [-0.39, 0.29) is 6.04 Å². The lowest BCUT2D eigenvalue weighted by molar-refractivity contribution is 0.429. The van der Waals surface area contributed by atoms with Gasteiger partial charge in [-0.25, -0.2) is 13.1 Å². The number of hydrogen-bond donors (Lipinski definition) is 0. The molecule has 102 valence electrons. The van der Waals surface area contributed by atoms with E-state index < -0.39 is 10.0 Å². The lowest BCUT2D eigenvalue weighted by Gasteiger charge is -2.15.